The summed E-state index contributed by atoms with van der Waals surface area (Å²) < 4.78 is 0. The first kappa shape index (κ1) is 13.0. The van der Waals surface area contributed by atoms with E-state index in [2.05, 4.69) is 28.9 Å². The molecule has 1 aromatic carbocycles. The number of thiophene rings is 1. The molecule has 0 spiro atoms. The van der Waals surface area contributed by atoms with Gasteiger partial charge in [0.15, 0.2) is 5.78 Å². The molecule has 2 heterocycles. The topological polar surface area (TPSA) is 29.1 Å². The fraction of sp³-hybridized carbons (Fsp3) is 0.278. The Kier molecular flexibility index (Phi) is 3.24. The molecule has 106 valence electrons. The number of rotatable bonds is 0. The van der Waals surface area contributed by atoms with Gasteiger partial charge in [-0.05, 0) is 54.1 Å². The zero-order valence-corrected chi connectivity index (χ0v) is 12.6. The van der Waals surface area contributed by atoms with E-state index in [9.17, 15) is 4.79 Å². The molecule has 1 N–H and O–H groups in total. The van der Waals surface area contributed by atoms with E-state index < -0.39 is 0 Å². The number of fused-ring (bicyclic) bond motifs is 2. The number of ketones is 1. The van der Waals surface area contributed by atoms with Crippen molar-refractivity contribution in [1.82, 2.24) is 5.32 Å². The molecule has 0 saturated carbocycles. The second kappa shape index (κ2) is 5.24. The Hall–Kier alpha value is -1.71. The molecule has 2 aliphatic rings. The van der Waals surface area contributed by atoms with Crippen LogP contribution in [-0.4, -0.2) is 18.9 Å². The summed E-state index contributed by atoms with van der Waals surface area (Å²) in [6.07, 6.45) is 2.68. The van der Waals surface area contributed by atoms with E-state index in [4.69, 9.17) is 0 Å². The lowest BCUT2D eigenvalue weighted by Gasteiger charge is -2.21. The van der Waals surface area contributed by atoms with Crippen molar-refractivity contribution in [3.05, 3.63) is 62.9 Å². The predicted octanol–water partition coefficient (Wildman–Crippen LogP) is 3.67. The highest BCUT2D eigenvalue weighted by atomic mass is 32.1. The van der Waals surface area contributed by atoms with Gasteiger partial charge in [-0.1, -0.05) is 29.8 Å². The molecule has 0 atom stereocenters. The summed E-state index contributed by atoms with van der Waals surface area (Å²) in [5, 5.41) is 5.48. The van der Waals surface area contributed by atoms with Crippen molar-refractivity contribution in [3.8, 4) is 0 Å². The van der Waals surface area contributed by atoms with E-state index in [0.29, 0.717) is 6.42 Å². The molecule has 1 aliphatic heterocycles. The van der Waals surface area contributed by atoms with Crippen LogP contribution >= 0.6 is 11.3 Å². The number of nitrogens with one attached hydrogen (secondary N) is 1. The molecule has 0 unspecified atom stereocenters. The number of Topliss-reactive ketones (excluding diaryl/α,β-unsaturated/α-hetero) is 1. The van der Waals surface area contributed by atoms with Crippen LogP contribution in [0.3, 0.4) is 0 Å². The summed E-state index contributed by atoms with van der Waals surface area (Å²) in [4.78, 5) is 13.7. The van der Waals surface area contributed by atoms with Crippen molar-refractivity contribution in [3.63, 3.8) is 0 Å². The first-order chi connectivity index (χ1) is 10.3. The number of carbonyl (C=O) groups excluding carboxylic acids is 1. The Bertz CT molecular complexity index is 733. The van der Waals surface area contributed by atoms with E-state index in [1.165, 1.54) is 27.2 Å². The van der Waals surface area contributed by atoms with Crippen molar-refractivity contribution in [1.29, 1.82) is 0 Å². The Balaban J connectivity index is 2.01. The van der Waals surface area contributed by atoms with Crippen molar-refractivity contribution in [2.75, 3.05) is 13.1 Å². The van der Waals surface area contributed by atoms with Crippen molar-refractivity contribution in [2.45, 2.75) is 19.3 Å². The first-order valence-corrected chi connectivity index (χ1v) is 8.34. The Labute approximate surface area is 128 Å². The lowest BCUT2D eigenvalue weighted by Crippen LogP contribution is -2.23. The van der Waals surface area contributed by atoms with Crippen LogP contribution in [0.15, 0.2) is 41.3 Å². The minimum Gasteiger partial charge on any atom is -0.316 e. The number of benzene rings is 1. The molecular weight excluding hydrogens is 278 g/mol. The highest BCUT2D eigenvalue weighted by Crippen LogP contribution is 2.40. The zero-order chi connectivity index (χ0) is 14.2. The average molecular weight is 295 g/mol. The van der Waals surface area contributed by atoms with Crippen molar-refractivity contribution >= 4 is 22.7 Å². The third-order valence-corrected chi connectivity index (χ3v) is 5.32. The zero-order valence-electron chi connectivity index (χ0n) is 11.8. The molecule has 0 radical (unpaired) electrons. The van der Waals surface area contributed by atoms with Crippen LogP contribution in [0.1, 0.15) is 39.2 Å². The van der Waals surface area contributed by atoms with Gasteiger partial charge in [0.25, 0.3) is 0 Å². The maximum absolute atomic E-state index is 12.5. The largest absolute Gasteiger partial charge is 0.316 e. The van der Waals surface area contributed by atoms with Gasteiger partial charge >= 0.3 is 0 Å². The Morgan fingerprint density at radius 1 is 1.00 bits per heavy atom. The SMILES string of the molecule is O=C1Cc2ccccc2C(=C2CCNCC2)c2sccc21. The van der Waals surface area contributed by atoms with Gasteiger partial charge in [0, 0.05) is 16.9 Å². The molecule has 2 aromatic rings. The van der Waals surface area contributed by atoms with Crippen LogP contribution in [0.4, 0.5) is 0 Å². The maximum Gasteiger partial charge on any atom is 0.168 e. The average Bonchev–Trinajstić information content (AvgIpc) is 2.96. The van der Waals surface area contributed by atoms with Gasteiger partial charge in [0.1, 0.15) is 0 Å². The molecule has 0 bridgehead atoms. The summed E-state index contributed by atoms with van der Waals surface area (Å²) in [6, 6.07) is 10.4. The summed E-state index contributed by atoms with van der Waals surface area (Å²) >= 11 is 1.71. The van der Waals surface area contributed by atoms with Crippen LogP contribution in [0, 0.1) is 0 Å². The molecule has 2 nitrogen and oxygen atoms in total. The quantitative estimate of drug-likeness (QED) is 0.803. The van der Waals surface area contributed by atoms with Crippen LogP contribution in [-0.2, 0) is 6.42 Å². The normalized spacial score (nSPS) is 18.2. The van der Waals surface area contributed by atoms with Gasteiger partial charge in [-0.3, -0.25) is 4.79 Å². The smallest absolute Gasteiger partial charge is 0.168 e. The minimum atomic E-state index is 0.253. The molecule has 3 heteroatoms. The van der Waals surface area contributed by atoms with E-state index in [0.717, 1.165) is 31.5 Å². The Morgan fingerprint density at radius 3 is 2.67 bits per heavy atom. The lowest BCUT2D eigenvalue weighted by molar-refractivity contribution is 0.0993. The van der Waals surface area contributed by atoms with Gasteiger partial charge in [-0.15, -0.1) is 11.3 Å². The number of hydrogen-bond acceptors (Lipinski definition) is 3. The van der Waals surface area contributed by atoms with Crippen LogP contribution in [0.25, 0.3) is 5.57 Å². The third-order valence-electron chi connectivity index (χ3n) is 4.39. The van der Waals surface area contributed by atoms with Crippen LogP contribution < -0.4 is 5.32 Å². The maximum atomic E-state index is 12.5. The summed E-state index contributed by atoms with van der Waals surface area (Å²) in [5.41, 5.74) is 6.19. The monoisotopic (exact) mass is 295 g/mol. The standard InChI is InChI=1S/C18H17NOS/c20-16-11-13-3-1-2-4-14(13)17(12-5-8-19-9-6-12)18-15(16)7-10-21-18/h1-4,7,10,19H,5-6,8-9,11H2. The Morgan fingerprint density at radius 2 is 1.81 bits per heavy atom. The molecule has 1 saturated heterocycles. The van der Waals surface area contributed by atoms with Crippen LogP contribution in [0.2, 0.25) is 0 Å². The predicted molar refractivity (Wildman–Crippen MR) is 86.9 cm³/mol. The fourth-order valence-electron chi connectivity index (χ4n) is 3.36. The highest BCUT2D eigenvalue weighted by molar-refractivity contribution is 7.11. The van der Waals surface area contributed by atoms with Crippen LogP contribution in [0.5, 0.6) is 0 Å². The van der Waals surface area contributed by atoms with Gasteiger partial charge in [-0.2, -0.15) is 0 Å². The second-order valence-corrected chi connectivity index (χ2v) is 6.57. The molecule has 21 heavy (non-hydrogen) atoms. The van der Waals surface area contributed by atoms with Gasteiger partial charge < -0.3 is 5.32 Å². The summed E-state index contributed by atoms with van der Waals surface area (Å²) in [7, 11) is 0. The lowest BCUT2D eigenvalue weighted by atomic mass is 9.90. The van der Waals surface area contributed by atoms with Crippen molar-refractivity contribution in [2.24, 2.45) is 0 Å². The van der Waals surface area contributed by atoms with E-state index in [1.807, 2.05) is 12.1 Å². The van der Waals surface area contributed by atoms with Gasteiger partial charge in [0.05, 0.1) is 0 Å². The van der Waals surface area contributed by atoms with E-state index in [-0.39, 0.29) is 5.78 Å². The molecule has 1 aromatic heterocycles. The van der Waals surface area contributed by atoms with E-state index >= 15 is 0 Å². The molecule has 0 amide bonds. The molecule has 1 aliphatic carbocycles. The molecule has 1 fully saturated rings. The first-order valence-electron chi connectivity index (χ1n) is 7.46. The summed E-state index contributed by atoms with van der Waals surface area (Å²) in [5.74, 6) is 0.253. The van der Waals surface area contributed by atoms with Crippen molar-refractivity contribution < 1.29 is 4.79 Å². The van der Waals surface area contributed by atoms with E-state index in [1.54, 1.807) is 11.3 Å². The second-order valence-electron chi connectivity index (χ2n) is 5.65. The van der Waals surface area contributed by atoms with Gasteiger partial charge in [-0.25, -0.2) is 0 Å². The fourth-order valence-corrected chi connectivity index (χ4v) is 4.38. The number of carbonyl (C=O) groups is 1. The molecule has 4 rings (SSSR count). The molecular formula is C18H17NOS. The number of hydrogen-bond donors (Lipinski definition) is 1. The highest BCUT2D eigenvalue weighted by Gasteiger charge is 2.26. The minimum absolute atomic E-state index is 0.253. The number of piperidine rings is 1. The van der Waals surface area contributed by atoms with Gasteiger partial charge in [0.2, 0.25) is 0 Å². The third kappa shape index (κ3) is 2.17. The summed E-state index contributed by atoms with van der Waals surface area (Å²) in [6.45, 7) is 2.07.